The van der Waals surface area contributed by atoms with Gasteiger partial charge < -0.3 is 90.4 Å². The molecule has 78 heavy (non-hydrogen) atoms. The second kappa shape index (κ2) is 33.5. The lowest BCUT2D eigenvalue weighted by Crippen LogP contribution is -2.66. The first-order chi connectivity index (χ1) is 38.2. The number of hydrogen-bond acceptors (Lipinski definition) is 36. The third-order valence-electron chi connectivity index (χ3n) is 10.8. The zero-order valence-electron chi connectivity index (χ0n) is 46.1. The molecule has 36 heteroatoms. The van der Waals surface area contributed by atoms with E-state index in [0.29, 0.717) is 163 Å². The Balaban J connectivity index is 0.887. The smallest absolute Gasteiger partial charge is 0.229 e. The minimum atomic E-state index is -0.445. The summed E-state index contributed by atoms with van der Waals surface area (Å²) >= 11 is 0. The molecule has 5 aliphatic rings. The summed E-state index contributed by atoms with van der Waals surface area (Å²) in [6, 6.07) is 0. The van der Waals surface area contributed by atoms with Gasteiger partial charge in [0.05, 0.1) is 0 Å². The zero-order valence-corrected chi connectivity index (χ0v) is 46.1. The van der Waals surface area contributed by atoms with E-state index in [1.165, 1.54) is 0 Å². The number of nitrogens with zero attached hydrogens (tertiary/aromatic N) is 12. The van der Waals surface area contributed by atoms with Crippen LogP contribution in [0.4, 0.5) is 17.8 Å². The minimum Gasteiger partial charge on any atom is -0.359 e. The van der Waals surface area contributed by atoms with E-state index in [1.807, 2.05) is 48.6 Å². The molecule has 0 saturated heterocycles. The van der Waals surface area contributed by atoms with Crippen molar-refractivity contribution in [3.8, 4) is 0 Å². The SMILES string of the molecule is CCNC1=NC(NCCNC2=NC(NCC)=NC(NCCNC3=NC(NCC)NC(NCCNC4=NC(NCC)NC(NC)=N4)N3)N2)NC(NCCNC2=NC(NCCNc3nc(NC)nc(NCC)n3)=NC(NCC)N2)=N1. The van der Waals surface area contributed by atoms with Gasteiger partial charge in [0.25, 0.3) is 0 Å². The topological polar surface area (TPSA) is 439 Å². The van der Waals surface area contributed by atoms with E-state index in [4.69, 9.17) is 15.0 Å². The standard InChI is InChI=1S/C42H86N36/c1-9-45-27-61-25(43-7)63-33(65-27)51-15-17-53-35-67-29(47-11-3)69-37(75-35)55-19-21-57-39-71-31(49-13-5)73-41(77-39)59-23-24-60-42-74-32(50-14-6)72-40(78-42)58-22-20-56-38-70-30(48-12-4)68-36(76-38)54-18-16-52-34-64-26(44-8)62-28(66-34)46-10-2/h27,29-30,35,39,42,45,47-48,53,57,60,67H,9-24H2,1-8H3,(H2,55,69,75)(H3,43,51,61,63,65)(H3,50,58,72,74,78)(H3,49,59,71,73,77)(H3,54,56,68,70,76)(H3,44,46,52,62,64,66). The molecule has 0 saturated carbocycles. The molecule has 6 rings (SSSR count). The van der Waals surface area contributed by atoms with E-state index in [1.54, 1.807) is 7.05 Å². The van der Waals surface area contributed by atoms with Crippen LogP contribution in [0.1, 0.15) is 41.5 Å². The lowest BCUT2D eigenvalue weighted by molar-refractivity contribution is 0.303. The van der Waals surface area contributed by atoms with Crippen molar-refractivity contribution in [2.24, 2.45) is 44.9 Å². The predicted molar refractivity (Wildman–Crippen MR) is 310 cm³/mol. The highest BCUT2D eigenvalue weighted by atomic mass is 15.5. The molecule has 0 spiro atoms. The van der Waals surface area contributed by atoms with Crippen molar-refractivity contribution in [2.75, 3.05) is 135 Å². The zero-order chi connectivity index (χ0) is 55.2. The summed E-state index contributed by atoms with van der Waals surface area (Å²) < 4.78 is 0. The molecule has 6 atom stereocenters. The lowest BCUT2D eigenvalue weighted by atomic mass is 10.5. The third-order valence-corrected chi connectivity index (χ3v) is 10.8. The van der Waals surface area contributed by atoms with Crippen molar-refractivity contribution < 1.29 is 0 Å². The fraction of sp³-hybridized carbons (Fsp3) is 0.714. The summed E-state index contributed by atoms with van der Waals surface area (Å²) in [5.41, 5.74) is 0. The maximum absolute atomic E-state index is 4.75. The van der Waals surface area contributed by atoms with E-state index in [9.17, 15) is 0 Å². The first-order valence-corrected chi connectivity index (χ1v) is 26.9. The fourth-order valence-corrected chi connectivity index (χ4v) is 7.36. The number of rotatable bonds is 30. The number of aliphatic imine (C=N–C) groups is 9. The van der Waals surface area contributed by atoms with Crippen LogP contribution in [0.15, 0.2) is 44.9 Å². The van der Waals surface area contributed by atoms with Crippen molar-refractivity contribution in [1.29, 1.82) is 0 Å². The summed E-state index contributed by atoms with van der Waals surface area (Å²) in [7, 11) is 3.58. The molecule has 0 aliphatic carbocycles. The number of anilines is 3. The monoisotopic (exact) mass is 1090 g/mol. The molecule has 0 aromatic carbocycles. The normalized spacial score (nSPS) is 21.6. The van der Waals surface area contributed by atoms with Gasteiger partial charge in [0.1, 0.15) is 6.29 Å². The summed E-state index contributed by atoms with van der Waals surface area (Å²) in [5.74, 6) is 6.50. The van der Waals surface area contributed by atoms with Crippen LogP contribution in [-0.2, 0) is 0 Å². The Bertz CT molecular complexity index is 2260. The highest BCUT2D eigenvalue weighted by molar-refractivity contribution is 5.99. The van der Waals surface area contributed by atoms with Gasteiger partial charge in [-0.2, -0.15) is 34.9 Å². The van der Waals surface area contributed by atoms with Crippen molar-refractivity contribution in [3.05, 3.63) is 0 Å². The summed E-state index contributed by atoms with van der Waals surface area (Å²) in [6.45, 7) is 21.9. The maximum atomic E-state index is 4.75. The van der Waals surface area contributed by atoms with Crippen LogP contribution >= 0.6 is 0 Å². The average molecular weight is 1100 g/mol. The van der Waals surface area contributed by atoms with Crippen molar-refractivity contribution in [3.63, 3.8) is 0 Å². The van der Waals surface area contributed by atoms with E-state index >= 15 is 0 Å². The molecule has 1 aromatic rings. The Morgan fingerprint density at radius 2 is 0.692 bits per heavy atom. The largest absolute Gasteiger partial charge is 0.359 e. The number of aromatic nitrogens is 3. The molecule has 0 amide bonds. The van der Waals surface area contributed by atoms with Gasteiger partial charge >= 0.3 is 0 Å². The lowest BCUT2D eigenvalue weighted by Gasteiger charge is -2.32. The third kappa shape index (κ3) is 21.1. The van der Waals surface area contributed by atoms with Crippen LogP contribution in [0.2, 0.25) is 0 Å². The Kier molecular flexibility index (Phi) is 25.6. The molecule has 5 aliphatic heterocycles. The van der Waals surface area contributed by atoms with Gasteiger partial charge in [-0.25, -0.2) is 25.0 Å². The molecule has 1 aromatic heterocycles. The number of hydrogen-bond donors (Lipinski definition) is 24. The van der Waals surface area contributed by atoms with Crippen LogP contribution in [0.25, 0.3) is 0 Å². The van der Waals surface area contributed by atoms with Crippen LogP contribution in [0, 0.1) is 0 Å². The predicted octanol–water partition coefficient (Wildman–Crippen LogP) is -8.16. The van der Waals surface area contributed by atoms with Gasteiger partial charge in [0, 0.05) is 99.2 Å². The number of guanidine groups is 9. The molecule has 6 heterocycles. The summed E-state index contributed by atoms with van der Waals surface area (Å²) in [5, 5.41) is 79.2. The molecular formula is C42H86N36. The fourth-order valence-electron chi connectivity index (χ4n) is 7.36. The van der Waals surface area contributed by atoms with Crippen molar-refractivity contribution >= 4 is 71.5 Å². The number of nitrogens with one attached hydrogen (secondary N) is 24. The van der Waals surface area contributed by atoms with E-state index in [-0.39, 0.29) is 25.2 Å². The Hall–Kier alpha value is -7.64. The Morgan fingerprint density at radius 1 is 0.308 bits per heavy atom. The molecule has 0 fully saturated rings. The molecule has 0 bridgehead atoms. The quantitative estimate of drug-likeness (QED) is 0.0318. The first kappa shape index (κ1) is 59.6. The van der Waals surface area contributed by atoms with Crippen molar-refractivity contribution in [1.82, 2.24) is 127 Å². The molecule has 434 valence electrons. The van der Waals surface area contributed by atoms with Gasteiger partial charge in [0.2, 0.25) is 65.5 Å². The summed E-state index contributed by atoms with van der Waals surface area (Å²) in [4.78, 5) is 54.9. The van der Waals surface area contributed by atoms with Gasteiger partial charge in [0.15, 0.2) is 37.4 Å². The van der Waals surface area contributed by atoms with Gasteiger partial charge in [-0.15, -0.1) is 0 Å². The second-order valence-corrected chi connectivity index (χ2v) is 16.9. The minimum absolute atomic E-state index is 0.250. The van der Waals surface area contributed by atoms with Crippen LogP contribution in [0.3, 0.4) is 0 Å². The van der Waals surface area contributed by atoms with Crippen LogP contribution < -0.4 is 128 Å². The molecule has 6 unspecified atom stereocenters. The van der Waals surface area contributed by atoms with E-state index < -0.39 is 12.6 Å². The highest BCUT2D eigenvalue weighted by Gasteiger charge is 2.23. The molecule has 24 N–H and O–H groups in total. The van der Waals surface area contributed by atoms with E-state index in [2.05, 4.69) is 173 Å². The average Bonchev–Trinajstić information content (AvgIpc) is 3.43. The Morgan fingerprint density at radius 3 is 1.19 bits per heavy atom. The van der Waals surface area contributed by atoms with Crippen LogP contribution in [-0.4, -0.2) is 225 Å². The molecular weight excluding hydrogens is 1010 g/mol. The second-order valence-electron chi connectivity index (χ2n) is 16.9. The first-order valence-electron chi connectivity index (χ1n) is 26.9. The van der Waals surface area contributed by atoms with Gasteiger partial charge in [-0.1, -0.05) is 20.8 Å². The highest BCUT2D eigenvalue weighted by Crippen LogP contribution is 2.08. The molecule has 0 radical (unpaired) electrons. The van der Waals surface area contributed by atoms with E-state index in [0.717, 1.165) is 13.1 Å². The van der Waals surface area contributed by atoms with Crippen molar-refractivity contribution in [2.45, 2.75) is 79.3 Å². The van der Waals surface area contributed by atoms with Gasteiger partial charge in [-0.05, 0) is 40.4 Å². The van der Waals surface area contributed by atoms with Crippen LogP contribution in [0.5, 0.6) is 0 Å². The summed E-state index contributed by atoms with van der Waals surface area (Å²) in [6.07, 6.45) is -2.03. The Labute approximate surface area is 456 Å². The van der Waals surface area contributed by atoms with Gasteiger partial charge in [-0.3, -0.25) is 37.2 Å². The molecule has 36 nitrogen and oxygen atoms in total. The maximum Gasteiger partial charge on any atom is 0.229 e.